The number of benzene rings is 1. The van der Waals surface area contributed by atoms with Gasteiger partial charge in [-0.2, -0.15) is 10.4 Å². The molecule has 1 aromatic carbocycles. The van der Waals surface area contributed by atoms with Gasteiger partial charge in [-0.25, -0.2) is 4.98 Å². The minimum absolute atomic E-state index is 0.339. The molecule has 1 aliphatic rings. The monoisotopic (exact) mass is 266 g/mol. The van der Waals surface area contributed by atoms with Crippen molar-refractivity contribution in [2.75, 3.05) is 0 Å². The molecule has 1 unspecified atom stereocenters. The molecule has 1 aromatic heterocycles. The Morgan fingerprint density at radius 3 is 2.90 bits per heavy atom. The highest BCUT2D eigenvalue weighted by molar-refractivity contribution is 5.33. The Labute approximate surface area is 119 Å². The summed E-state index contributed by atoms with van der Waals surface area (Å²) in [6.45, 7) is 2.85. The summed E-state index contributed by atoms with van der Waals surface area (Å²) in [4.78, 5) is 4.33. The third-order valence-corrected chi connectivity index (χ3v) is 4.25. The summed E-state index contributed by atoms with van der Waals surface area (Å²) in [6.07, 6.45) is 4.96. The molecular formula is C16H18N4. The third kappa shape index (κ3) is 2.20. The van der Waals surface area contributed by atoms with Gasteiger partial charge in [0.2, 0.25) is 0 Å². The molecule has 3 rings (SSSR count). The van der Waals surface area contributed by atoms with Crippen LogP contribution in [0.5, 0.6) is 0 Å². The average molecular weight is 266 g/mol. The van der Waals surface area contributed by atoms with Crippen LogP contribution in [0.15, 0.2) is 30.6 Å². The maximum atomic E-state index is 9.72. The fraction of sp³-hybridized carbons (Fsp3) is 0.438. The van der Waals surface area contributed by atoms with E-state index in [2.05, 4.69) is 40.4 Å². The Bertz CT molecular complexity index is 652. The molecule has 0 radical (unpaired) electrons. The van der Waals surface area contributed by atoms with E-state index in [0.717, 1.165) is 31.6 Å². The second kappa shape index (κ2) is 5.09. The summed E-state index contributed by atoms with van der Waals surface area (Å²) in [6, 6.07) is 11.0. The van der Waals surface area contributed by atoms with E-state index in [0.29, 0.717) is 6.42 Å². The fourth-order valence-corrected chi connectivity index (χ4v) is 3.08. The first-order valence-electron chi connectivity index (χ1n) is 7.11. The van der Waals surface area contributed by atoms with Crippen LogP contribution in [-0.4, -0.2) is 14.8 Å². The van der Waals surface area contributed by atoms with Gasteiger partial charge in [0.25, 0.3) is 0 Å². The van der Waals surface area contributed by atoms with Gasteiger partial charge in [0.05, 0.1) is 11.5 Å². The van der Waals surface area contributed by atoms with Crippen molar-refractivity contribution in [2.45, 2.75) is 39.2 Å². The predicted molar refractivity (Wildman–Crippen MR) is 75.9 cm³/mol. The molecule has 0 saturated carbocycles. The van der Waals surface area contributed by atoms with E-state index in [-0.39, 0.29) is 5.41 Å². The fourth-order valence-electron chi connectivity index (χ4n) is 3.08. The standard InChI is InChI=1S/C16H18N4/c1-2-20-15(18-12-19-20)10-16(11-17)8-7-13-5-3-4-6-14(13)9-16/h3-6,12H,2,7-10H2,1H3. The second-order valence-electron chi connectivity index (χ2n) is 5.51. The Morgan fingerprint density at radius 1 is 1.35 bits per heavy atom. The van der Waals surface area contributed by atoms with Crippen molar-refractivity contribution in [2.24, 2.45) is 5.41 Å². The van der Waals surface area contributed by atoms with E-state index in [4.69, 9.17) is 0 Å². The Morgan fingerprint density at radius 2 is 2.15 bits per heavy atom. The number of nitrogens with zero attached hydrogens (tertiary/aromatic N) is 4. The van der Waals surface area contributed by atoms with Crippen molar-refractivity contribution in [1.82, 2.24) is 14.8 Å². The number of nitriles is 1. The van der Waals surface area contributed by atoms with Gasteiger partial charge in [-0.15, -0.1) is 0 Å². The highest BCUT2D eigenvalue weighted by Gasteiger charge is 2.36. The second-order valence-corrected chi connectivity index (χ2v) is 5.51. The summed E-state index contributed by atoms with van der Waals surface area (Å²) in [5, 5.41) is 13.9. The van der Waals surface area contributed by atoms with Crippen LogP contribution in [-0.2, 0) is 25.8 Å². The lowest BCUT2D eigenvalue weighted by atomic mass is 9.70. The maximum Gasteiger partial charge on any atom is 0.138 e. The van der Waals surface area contributed by atoms with Crippen LogP contribution in [0.2, 0.25) is 0 Å². The molecule has 1 heterocycles. The smallest absolute Gasteiger partial charge is 0.138 e. The van der Waals surface area contributed by atoms with E-state index < -0.39 is 0 Å². The summed E-state index contributed by atoms with van der Waals surface area (Å²) in [5.74, 6) is 0.924. The molecule has 0 bridgehead atoms. The molecule has 1 aliphatic carbocycles. The molecule has 0 aliphatic heterocycles. The number of rotatable bonds is 3. The summed E-state index contributed by atoms with van der Waals surface area (Å²) in [5.41, 5.74) is 2.35. The molecule has 20 heavy (non-hydrogen) atoms. The molecular weight excluding hydrogens is 248 g/mol. The van der Waals surface area contributed by atoms with Gasteiger partial charge in [-0.05, 0) is 37.3 Å². The maximum absolute atomic E-state index is 9.72. The lowest BCUT2D eigenvalue weighted by molar-refractivity contribution is 0.326. The third-order valence-electron chi connectivity index (χ3n) is 4.25. The SMILES string of the molecule is CCn1ncnc1CC1(C#N)CCc2ccccc2C1. The predicted octanol–water partition coefficient (Wildman–Crippen LogP) is 2.54. The quantitative estimate of drug-likeness (QED) is 0.857. The van der Waals surface area contributed by atoms with Gasteiger partial charge < -0.3 is 0 Å². The van der Waals surface area contributed by atoms with E-state index in [1.807, 2.05) is 11.6 Å². The van der Waals surface area contributed by atoms with Gasteiger partial charge in [-0.3, -0.25) is 4.68 Å². The lowest BCUT2D eigenvalue weighted by Gasteiger charge is -2.32. The molecule has 4 heteroatoms. The highest BCUT2D eigenvalue weighted by atomic mass is 15.3. The minimum Gasteiger partial charge on any atom is -0.250 e. The van der Waals surface area contributed by atoms with Crippen LogP contribution in [0.3, 0.4) is 0 Å². The molecule has 0 saturated heterocycles. The van der Waals surface area contributed by atoms with Gasteiger partial charge in [-0.1, -0.05) is 24.3 Å². The van der Waals surface area contributed by atoms with E-state index >= 15 is 0 Å². The zero-order valence-corrected chi connectivity index (χ0v) is 11.7. The molecule has 1 atom stereocenters. The van der Waals surface area contributed by atoms with E-state index in [1.54, 1.807) is 6.33 Å². The molecule has 0 amide bonds. The van der Waals surface area contributed by atoms with Crippen LogP contribution in [0.25, 0.3) is 0 Å². The van der Waals surface area contributed by atoms with Gasteiger partial charge in [0, 0.05) is 13.0 Å². The van der Waals surface area contributed by atoms with Crippen LogP contribution in [0.1, 0.15) is 30.3 Å². The molecule has 4 nitrogen and oxygen atoms in total. The minimum atomic E-state index is -0.339. The zero-order valence-electron chi connectivity index (χ0n) is 11.7. The van der Waals surface area contributed by atoms with Gasteiger partial charge >= 0.3 is 0 Å². The Kier molecular flexibility index (Phi) is 3.27. The van der Waals surface area contributed by atoms with Crippen molar-refractivity contribution in [1.29, 1.82) is 5.26 Å². The highest BCUT2D eigenvalue weighted by Crippen LogP contribution is 2.37. The largest absolute Gasteiger partial charge is 0.250 e. The first kappa shape index (κ1) is 12.9. The summed E-state index contributed by atoms with van der Waals surface area (Å²) >= 11 is 0. The molecule has 2 aromatic rings. The topological polar surface area (TPSA) is 54.5 Å². The van der Waals surface area contributed by atoms with E-state index in [1.165, 1.54) is 11.1 Å². The van der Waals surface area contributed by atoms with Crippen LogP contribution in [0, 0.1) is 16.7 Å². The van der Waals surface area contributed by atoms with Crippen molar-refractivity contribution in [3.05, 3.63) is 47.5 Å². The zero-order chi connectivity index (χ0) is 14.0. The van der Waals surface area contributed by atoms with Crippen molar-refractivity contribution >= 4 is 0 Å². The number of aromatic nitrogens is 3. The number of hydrogen-bond donors (Lipinski definition) is 0. The Balaban J connectivity index is 1.89. The van der Waals surface area contributed by atoms with Gasteiger partial charge in [0.15, 0.2) is 0 Å². The number of aryl methyl sites for hydroxylation is 2. The Hall–Kier alpha value is -2.15. The average Bonchev–Trinajstić information content (AvgIpc) is 2.94. The summed E-state index contributed by atoms with van der Waals surface area (Å²) < 4.78 is 1.89. The summed E-state index contributed by atoms with van der Waals surface area (Å²) in [7, 11) is 0. The van der Waals surface area contributed by atoms with Crippen LogP contribution in [0.4, 0.5) is 0 Å². The van der Waals surface area contributed by atoms with Crippen molar-refractivity contribution < 1.29 is 0 Å². The first-order valence-corrected chi connectivity index (χ1v) is 7.11. The molecule has 0 spiro atoms. The number of fused-ring (bicyclic) bond motifs is 1. The molecule has 0 N–H and O–H groups in total. The van der Waals surface area contributed by atoms with Crippen molar-refractivity contribution in [3.63, 3.8) is 0 Å². The van der Waals surface area contributed by atoms with E-state index in [9.17, 15) is 5.26 Å². The first-order chi connectivity index (χ1) is 9.76. The number of hydrogen-bond acceptors (Lipinski definition) is 3. The van der Waals surface area contributed by atoms with Crippen LogP contribution >= 0.6 is 0 Å². The lowest BCUT2D eigenvalue weighted by Crippen LogP contribution is -2.31. The van der Waals surface area contributed by atoms with Crippen LogP contribution < -0.4 is 0 Å². The van der Waals surface area contributed by atoms with Crippen molar-refractivity contribution in [3.8, 4) is 6.07 Å². The normalized spacial score (nSPS) is 21.2. The van der Waals surface area contributed by atoms with Gasteiger partial charge in [0.1, 0.15) is 12.2 Å². The molecule has 0 fully saturated rings. The molecule has 102 valence electrons.